The second kappa shape index (κ2) is 7.57. The van der Waals surface area contributed by atoms with E-state index in [0.717, 1.165) is 23.5 Å². The summed E-state index contributed by atoms with van der Waals surface area (Å²) in [5.41, 5.74) is 1.14. The number of rotatable bonds is 6. The Morgan fingerprint density at radius 2 is 2.33 bits per heavy atom. The van der Waals surface area contributed by atoms with E-state index in [0.29, 0.717) is 36.9 Å². The fourth-order valence-electron chi connectivity index (χ4n) is 2.66. The van der Waals surface area contributed by atoms with Gasteiger partial charge in [0.05, 0.1) is 13.7 Å². The van der Waals surface area contributed by atoms with Gasteiger partial charge in [0.2, 0.25) is 5.91 Å². The maximum absolute atomic E-state index is 11.9. The number of benzene rings is 1. The van der Waals surface area contributed by atoms with E-state index in [4.69, 9.17) is 25.6 Å². The van der Waals surface area contributed by atoms with Gasteiger partial charge >= 0.3 is 0 Å². The molecule has 1 aliphatic rings. The molecule has 2 heterocycles. The maximum Gasteiger partial charge on any atom is 0.220 e. The Labute approximate surface area is 145 Å². The predicted molar refractivity (Wildman–Crippen MR) is 88.5 cm³/mol. The molecule has 0 aliphatic carbocycles. The Bertz CT molecular complexity index is 716. The molecule has 0 fully saturated rings. The molecule has 1 aliphatic heterocycles. The highest BCUT2D eigenvalue weighted by Crippen LogP contribution is 2.30. The van der Waals surface area contributed by atoms with Gasteiger partial charge in [0.1, 0.15) is 17.3 Å². The minimum atomic E-state index is -0.0250. The van der Waals surface area contributed by atoms with Gasteiger partial charge in [0.25, 0.3) is 0 Å². The average Bonchev–Trinajstić information content (AvgIpc) is 3.02. The largest absolute Gasteiger partial charge is 0.497 e. The first-order valence-corrected chi connectivity index (χ1v) is 8.19. The Hall–Kier alpha value is -2.21. The van der Waals surface area contributed by atoms with Crippen LogP contribution in [0.3, 0.4) is 0 Å². The second-order valence-corrected chi connectivity index (χ2v) is 6.16. The number of hydrogen-bond donors (Lipinski definition) is 1. The topological polar surface area (TPSA) is 73.6 Å². The fraction of sp³-hybridized carbons (Fsp3) is 0.412. The van der Waals surface area contributed by atoms with Crippen molar-refractivity contribution in [3.63, 3.8) is 0 Å². The molecule has 0 unspecified atom stereocenters. The summed E-state index contributed by atoms with van der Waals surface area (Å²) < 4.78 is 15.9. The highest BCUT2D eigenvalue weighted by molar-refractivity contribution is 6.29. The lowest BCUT2D eigenvalue weighted by Gasteiger charge is -2.25. The van der Waals surface area contributed by atoms with Crippen LogP contribution in [-0.2, 0) is 17.6 Å². The summed E-state index contributed by atoms with van der Waals surface area (Å²) in [6, 6.07) is 7.45. The predicted octanol–water partition coefficient (Wildman–Crippen LogP) is 2.64. The van der Waals surface area contributed by atoms with Crippen LogP contribution in [0.25, 0.3) is 0 Å². The summed E-state index contributed by atoms with van der Waals surface area (Å²) >= 11 is 5.67. The summed E-state index contributed by atoms with van der Waals surface area (Å²) in [5.74, 6) is 2.49. The minimum Gasteiger partial charge on any atom is -0.497 e. The van der Waals surface area contributed by atoms with E-state index in [2.05, 4.69) is 10.5 Å². The average molecular weight is 351 g/mol. The molecule has 128 valence electrons. The highest BCUT2D eigenvalue weighted by Gasteiger charge is 2.21. The van der Waals surface area contributed by atoms with Gasteiger partial charge in [-0.2, -0.15) is 0 Å². The number of ether oxygens (including phenoxy) is 2. The number of carbonyl (C=O) groups excluding carboxylic acids is 1. The number of aryl methyl sites for hydroxylation is 1. The van der Waals surface area contributed by atoms with Gasteiger partial charge < -0.3 is 19.3 Å². The zero-order chi connectivity index (χ0) is 16.9. The van der Waals surface area contributed by atoms with Crippen LogP contribution in [0.2, 0.25) is 5.15 Å². The SMILES string of the molecule is COc1ccc2c(c1)OC[C@H](CNC(=O)CCc1cc(Cl)no1)C2. The van der Waals surface area contributed by atoms with Gasteiger partial charge in [-0.1, -0.05) is 22.8 Å². The molecule has 0 radical (unpaired) electrons. The molecule has 0 saturated carbocycles. The Morgan fingerprint density at radius 1 is 1.46 bits per heavy atom. The summed E-state index contributed by atoms with van der Waals surface area (Å²) in [7, 11) is 1.63. The minimum absolute atomic E-state index is 0.0250. The number of aromatic nitrogens is 1. The fourth-order valence-corrected chi connectivity index (χ4v) is 2.82. The van der Waals surface area contributed by atoms with E-state index in [-0.39, 0.29) is 11.8 Å². The zero-order valence-electron chi connectivity index (χ0n) is 13.4. The zero-order valence-corrected chi connectivity index (χ0v) is 14.1. The Morgan fingerprint density at radius 3 is 3.08 bits per heavy atom. The van der Waals surface area contributed by atoms with Crippen LogP contribution in [0.15, 0.2) is 28.8 Å². The lowest BCUT2D eigenvalue weighted by atomic mass is 9.96. The van der Waals surface area contributed by atoms with Gasteiger partial charge in [-0.3, -0.25) is 4.79 Å². The molecule has 1 atom stereocenters. The van der Waals surface area contributed by atoms with Crippen molar-refractivity contribution in [2.75, 3.05) is 20.3 Å². The molecule has 6 nitrogen and oxygen atoms in total. The maximum atomic E-state index is 11.9. The van der Waals surface area contributed by atoms with Gasteiger partial charge in [0.15, 0.2) is 5.15 Å². The third-order valence-electron chi connectivity index (χ3n) is 3.97. The van der Waals surface area contributed by atoms with Crippen molar-refractivity contribution in [2.24, 2.45) is 5.92 Å². The molecule has 1 aromatic heterocycles. The molecular formula is C17H19ClN2O4. The number of halogens is 1. The van der Waals surface area contributed by atoms with Gasteiger partial charge in [-0.25, -0.2) is 0 Å². The smallest absolute Gasteiger partial charge is 0.220 e. The molecule has 1 amide bonds. The lowest BCUT2D eigenvalue weighted by Crippen LogP contribution is -2.34. The van der Waals surface area contributed by atoms with Crippen LogP contribution in [-0.4, -0.2) is 31.3 Å². The van der Waals surface area contributed by atoms with Crippen molar-refractivity contribution in [1.82, 2.24) is 10.5 Å². The lowest BCUT2D eigenvalue weighted by molar-refractivity contribution is -0.121. The molecule has 0 spiro atoms. The molecule has 7 heteroatoms. The third-order valence-corrected chi connectivity index (χ3v) is 4.15. The number of amides is 1. The number of nitrogens with zero attached hydrogens (tertiary/aromatic N) is 1. The van der Waals surface area contributed by atoms with E-state index < -0.39 is 0 Å². The highest BCUT2D eigenvalue weighted by atomic mass is 35.5. The van der Waals surface area contributed by atoms with Crippen molar-refractivity contribution < 1.29 is 18.8 Å². The van der Waals surface area contributed by atoms with Crippen LogP contribution < -0.4 is 14.8 Å². The summed E-state index contributed by atoms with van der Waals surface area (Å²) in [5, 5.41) is 6.83. The second-order valence-electron chi connectivity index (χ2n) is 5.77. The van der Waals surface area contributed by atoms with Crippen molar-refractivity contribution in [3.8, 4) is 11.5 Å². The van der Waals surface area contributed by atoms with E-state index in [1.54, 1.807) is 13.2 Å². The van der Waals surface area contributed by atoms with Crippen molar-refractivity contribution >= 4 is 17.5 Å². The third kappa shape index (κ3) is 4.20. The van der Waals surface area contributed by atoms with Crippen molar-refractivity contribution in [2.45, 2.75) is 19.3 Å². The molecule has 0 bridgehead atoms. The number of nitrogens with one attached hydrogen (secondary N) is 1. The summed E-state index contributed by atoms with van der Waals surface area (Å²) in [6.45, 7) is 1.17. The quantitative estimate of drug-likeness (QED) is 0.867. The first kappa shape index (κ1) is 16.6. The van der Waals surface area contributed by atoms with Crippen molar-refractivity contribution in [3.05, 3.63) is 40.7 Å². The Balaban J connectivity index is 1.44. The van der Waals surface area contributed by atoms with Crippen LogP contribution >= 0.6 is 11.6 Å². The standard InChI is InChI=1S/C17H19ClN2O4/c1-22-13-3-2-12-6-11(10-23-15(12)7-13)9-19-17(21)5-4-14-8-16(18)20-24-14/h2-3,7-8,11H,4-6,9-10H2,1H3,(H,19,21)/t11-/m0/s1. The molecule has 1 N–H and O–H groups in total. The van der Waals surface area contributed by atoms with Crippen LogP contribution in [0.1, 0.15) is 17.7 Å². The molecule has 3 rings (SSSR count). The number of methoxy groups -OCH3 is 1. The van der Waals surface area contributed by atoms with E-state index in [9.17, 15) is 4.79 Å². The summed E-state index contributed by atoms with van der Waals surface area (Å²) in [4.78, 5) is 11.9. The van der Waals surface area contributed by atoms with Crippen molar-refractivity contribution in [1.29, 1.82) is 0 Å². The number of carbonyl (C=O) groups is 1. The van der Waals surface area contributed by atoms with Crippen LogP contribution in [0, 0.1) is 5.92 Å². The van der Waals surface area contributed by atoms with E-state index >= 15 is 0 Å². The molecule has 2 aromatic rings. The first-order valence-electron chi connectivity index (χ1n) is 7.81. The molecular weight excluding hydrogens is 332 g/mol. The normalized spacial score (nSPS) is 16.2. The molecule has 0 saturated heterocycles. The molecule has 24 heavy (non-hydrogen) atoms. The number of fused-ring (bicyclic) bond motifs is 1. The van der Waals surface area contributed by atoms with Crippen LogP contribution in [0.5, 0.6) is 11.5 Å². The number of hydrogen-bond acceptors (Lipinski definition) is 5. The Kier molecular flexibility index (Phi) is 5.25. The molecule has 1 aromatic carbocycles. The van der Waals surface area contributed by atoms with E-state index in [1.807, 2.05) is 18.2 Å². The van der Waals surface area contributed by atoms with Gasteiger partial charge in [0, 0.05) is 37.4 Å². The summed E-state index contributed by atoms with van der Waals surface area (Å²) in [6.07, 6.45) is 1.69. The van der Waals surface area contributed by atoms with E-state index in [1.165, 1.54) is 0 Å². The monoisotopic (exact) mass is 350 g/mol. The van der Waals surface area contributed by atoms with Gasteiger partial charge in [-0.15, -0.1) is 0 Å². The van der Waals surface area contributed by atoms with Gasteiger partial charge in [-0.05, 0) is 18.1 Å². The van der Waals surface area contributed by atoms with Crippen LogP contribution in [0.4, 0.5) is 0 Å². The first-order chi connectivity index (χ1) is 11.6.